The summed E-state index contributed by atoms with van der Waals surface area (Å²) in [6.07, 6.45) is 1.22. The number of nitrogens with zero attached hydrogens (tertiary/aromatic N) is 1. The van der Waals surface area contributed by atoms with Crippen LogP contribution < -0.4 is 4.67 Å². The second-order valence-electron chi connectivity index (χ2n) is 4.14. The van der Waals surface area contributed by atoms with Crippen molar-refractivity contribution in [1.29, 1.82) is 0 Å². The number of aryl methyl sites for hydroxylation is 1. The van der Waals surface area contributed by atoms with Crippen molar-refractivity contribution in [1.82, 2.24) is 0 Å². The van der Waals surface area contributed by atoms with Gasteiger partial charge in [-0.15, -0.1) is 0 Å². The Labute approximate surface area is 91.9 Å². The summed E-state index contributed by atoms with van der Waals surface area (Å²) in [5, 5.41) is 2.81. The van der Waals surface area contributed by atoms with Gasteiger partial charge in [0.15, 0.2) is 0 Å². The highest BCUT2D eigenvalue weighted by atomic mass is 31.1. The van der Waals surface area contributed by atoms with E-state index in [1.54, 1.807) is 0 Å². The van der Waals surface area contributed by atoms with Crippen molar-refractivity contribution in [3.63, 3.8) is 0 Å². The molecule has 0 N–H and O–H groups in total. The van der Waals surface area contributed by atoms with Gasteiger partial charge in [-0.1, -0.05) is 30.3 Å². The lowest BCUT2D eigenvalue weighted by Gasteiger charge is -2.15. The van der Waals surface area contributed by atoms with E-state index in [2.05, 4.69) is 49.0 Å². The molecular weight excluding hydrogens is 201 g/mol. The van der Waals surface area contributed by atoms with Crippen LogP contribution in [0.15, 0.2) is 30.3 Å². The Morgan fingerprint density at radius 1 is 1.20 bits per heavy atom. The molecule has 76 valence electrons. The number of hydrogen-bond acceptors (Lipinski definition) is 1. The van der Waals surface area contributed by atoms with Gasteiger partial charge in [0.1, 0.15) is 0 Å². The lowest BCUT2D eigenvalue weighted by atomic mass is 10.00. The Bertz CT molecular complexity index is 533. The molecule has 0 amide bonds. The van der Waals surface area contributed by atoms with E-state index >= 15 is 0 Å². The molecule has 1 atom stereocenters. The Morgan fingerprint density at radius 3 is 2.73 bits per heavy atom. The quantitative estimate of drug-likeness (QED) is 0.606. The first-order valence-corrected chi connectivity index (χ1v) is 6.41. The van der Waals surface area contributed by atoms with Crippen molar-refractivity contribution in [3.8, 4) is 0 Å². The second-order valence-corrected chi connectivity index (χ2v) is 5.48. The van der Waals surface area contributed by atoms with E-state index in [-0.39, 0.29) is 0 Å². The van der Waals surface area contributed by atoms with E-state index in [1.807, 2.05) is 0 Å². The van der Waals surface area contributed by atoms with E-state index in [1.165, 1.54) is 33.7 Å². The Kier molecular flexibility index (Phi) is 1.97. The van der Waals surface area contributed by atoms with Crippen LogP contribution in [0.1, 0.15) is 11.1 Å². The molecule has 0 aliphatic carbocycles. The first-order chi connectivity index (χ1) is 7.27. The van der Waals surface area contributed by atoms with Crippen LogP contribution in [0.4, 0.5) is 5.69 Å². The van der Waals surface area contributed by atoms with Gasteiger partial charge in [-0.3, -0.25) is 0 Å². The first-order valence-electron chi connectivity index (χ1n) is 5.26. The van der Waals surface area contributed by atoms with Crippen LogP contribution in [0.5, 0.6) is 0 Å². The van der Waals surface area contributed by atoms with Crippen LogP contribution >= 0.6 is 8.73 Å². The monoisotopic (exact) mass is 215 g/mol. The van der Waals surface area contributed by atoms with E-state index in [0.29, 0.717) is 0 Å². The average Bonchev–Trinajstić information content (AvgIpc) is 2.61. The summed E-state index contributed by atoms with van der Waals surface area (Å²) in [5.41, 5.74) is 4.38. The zero-order chi connectivity index (χ0) is 10.4. The van der Waals surface area contributed by atoms with Crippen LogP contribution in [0.3, 0.4) is 0 Å². The third-order valence-electron chi connectivity index (χ3n) is 3.14. The SMILES string of the molecule is Cc1cc2c(c3ccccc13)N(C)PC2. The third kappa shape index (κ3) is 1.27. The van der Waals surface area contributed by atoms with Gasteiger partial charge in [-0.05, 0) is 32.2 Å². The topological polar surface area (TPSA) is 3.24 Å². The minimum Gasteiger partial charge on any atom is -0.355 e. The van der Waals surface area contributed by atoms with E-state index in [4.69, 9.17) is 0 Å². The van der Waals surface area contributed by atoms with Gasteiger partial charge in [0.05, 0.1) is 5.69 Å². The lowest BCUT2D eigenvalue weighted by molar-refractivity contribution is 1.36. The van der Waals surface area contributed by atoms with Crippen molar-refractivity contribution >= 4 is 25.2 Å². The van der Waals surface area contributed by atoms with E-state index < -0.39 is 0 Å². The van der Waals surface area contributed by atoms with Gasteiger partial charge in [0.25, 0.3) is 0 Å². The van der Waals surface area contributed by atoms with Crippen molar-refractivity contribution < 1.29 is 0 Å². The molecule has 3 rings (SSSR count). The molecule has 1 aliphatic heterocycles. The summed E-state index contributed by atoms with van der Waals surface area (Å²) in [6, 6.07) is 11.1. The molecule has 2 heteroatoms. The maximum absolute atomic E-state index is 2.40. The summed E-state index contributed by atoms with van der Waals surface area (Å²) in [7, 11) is 3.11. The number of anilines is 1. The minimum absolute atomic E-state index is 0.913. The highest BCUT2D eigenvalue weighted by Crippen LogP contribution is 2.45. The second kappa shape index (κ2) is 3.21. The third-order valence-corrected chi connectivity index (χ3v) is 4.38. The summed E-state index contributed by atoms with van der Waals surface area (Å²) >= 11 is 0. The van der Waals surface area contributed by atoms with Gasteiger partial charge in [-0.2, -0.15) is 0 Å². The zero-order valence-corrected chi connectivity index (χ0v) is 10.0. The average molecular weight is 215 g/mol. The molecule has 1 unspecified atom stereocenters. The lowest BCUT2D eigenvalue weighted by Crippen LogP contribution is -2.00. The highest BCUT2D eigenvalue weighted by molar-refractivity contribution is 7.39. The molecule has 0 bridgehead atoms. The molecule has 0 saturated carbocycles. The predicted octanol–water partition coefficient (Wildman–Crippen LogP) is 3.69. The van der Waals surface area contributed by atoms with Crippen LogP contribution in [0.2, 0.25) is 0 Å². The summed E-state index contributed by atoms with van der Waals surface area (Å²) < 4.78 is 2.40. The van der Waals surface area contributed by atoms with Crippen molar-refractivity contribution in [2.24, 2.45) is 0 Å². The zero-order valence-electron chi connectivity index (χ0n) is 9.04. The van der Waals surface area contributed by atoms with Gasteiger partial charge in [0.2, 0.25) is 0 Å². The molecule has 0 saturated heterocycles. The van der Waals surface area contributed by atoms with Crippen LogP contribution in [0, 0.1) is 6.92 Å². The largest absolute Gasteiger partial charge is 0.355 e. The van der Waals surface area contributed by atoms with Gasteiger partial charge in [0, 0.05) is 18.6 Å². The molecule has 2 aromatic carbocycles. The fraction of sp³-hybridized carbons (Fsp3) is 0.231. The number of fused-ring (bicyclic) bond motifs is 3. The number of hydrogen-bond donors (Lipinski definition) is 0. The maximum atomic E-state index is 2.40. The van der Waals surface area contributed by atoms with Gasteiger partial charge < -0.3 is 4.67 Å². The predicted molar refractivity (Wildman–Crippen MR) is 69.1 cm³/mol. The summed E-state index contributed by atoms with van der Waals surface area (Å²) in [5.74, 6) is 0. The molecule has 0 aromatic heterocycles. The Balaban J connectivity index is 2.45. The normalized spacial score (nSPS) is 16.3. The summed E-state index contributed by atoms with van der Waals surface area (Å²) in [4.78, 5) is 0. The number of benzene rings is 2. The van der Waals surface area contributed by atoms with Crippen molar-refractivity contribution in [3.05, 3.63) is 41.5 Å². The van der Waals surface area contributed by atoms with Crippen LogP contribution in [0.25, 0.3) is 10.8 Å². The molecule has 0 spiro atoms. The molecule has 1 heterocycles. The van der Waals surface area contributed by atoms with Gasteiger partial charge in [-0.25, -0.2) is 0 Å². The summed E-state index contributed by atoms with van der Waals surface area (Å²) in [6.45, 7) is 2.21. The fourth-order valence-electron chi connectivity index (χ4n) is 2.43. The first kappa shape index (κ1) is 9.18. The Morgan fingerprint density at radius 2 is 1.93 bits per heavy atom. The van der Waals surface area contributed by atoms with Crippen molar-refractivity contribution in [2.75, 3.05) is 11.7 Å². The smallest absolute Gasteiger partial charge is 0.0511 e. The highest BCUT2D eigenvalue weighted by Gasteiger charge is 2.19. The maximum Gasteiger partial charge on any atom is 0.0511 e. The van der Waals surface area contributed by atoms with Crippen LogP contribution in [-0.4, -0.2) is 7.05 Å². The number of rotatable bonds is 0. The van der Waals surface area contributed by atoms with Gasteiger partial charge >= 0.3 is 0 Å². The van der Waals surface area contributed by atoms with Crippen molar-refractivity contribution in [2.45, 2.75) is 13.1 Å². The van der Waals surface area contributed by atoms with E-state index in [0.717, 1.165) is 8.73 Å². The van der Waals surface area contributed by atoms with Crippen LogP contribution in [-0.2, 0) is 6.16 Å². The molecule has 2 aromatic rings. The fourth-order valence-corrected chi connectivity index (χ4v) is 3.53. The molecule has 0 fully saturated rings. The minimum atomic E-state index is 0.913. The Hall–Kier alpha value is -1.07. The molecule has 15 heavy (non-hydrogen) atoms. The molecule has 1 aliphatic rings. The van der Waals surface area contributed by atoms with E-state index in [9.17, 15) is 0 Å². The molecule has 0 radical (unpaired) electrons. The molecular formula is C13H14NP. The molecule has 1 nitrogen and oxygen atoms in total. The standard InChI is InChI=1S/C13H14NP/c1-9-7-10-8-15-14(2)13(10)12-6-4-3-5-11(9)12/h3-7,15H,8H2,1-2H3.